The summed E-state index contributed by atoms with van der Waals surface area (Å²) in [5.74, 6) is -4.58. The molecular weight excluding hydrogens is 344 g/mol. The fourth-order valence-corrected chi connectivity index (χ4v) is 1.41. The number of carboxylic acid groups (broad SMARTS) is 2. The van der Waals surface area contributed by atoms with Gasteiger partial charge in [0.15, 0.2) is 23.0 Å². The van der Waals surface area contributed by atoms with Gasteiger partial charge in [-0.25, -0.2) is 9.59 Å². The Balaban J connectivity index is 0.000000403. The molecule has 23 heavy (non-hydrogen) atoms. The van der Waals surface area contributed by atoms with Crippen molar-refractivity contribution >= 4 is 11.9 Å². The van der Waals surface area contributed by atoms with E-state index in [1.165, 1.54) is 36.4 Å². The van der Waals surface area contributed by atoms with Gasteiger partial charge in [0.05, 0.1) is 0 Å². The first-order valence-electron chi connectivity index (χ1n) is 5.74. The summed E-state index contributed by atoms with van der Waals surface area (Å²) in [6.45, 7) is 0. The van der Waals surface area contributed by atoms with Crippen LogP contribution in [-0.4, -0.2) is 42.6 Å². The largest absolute Gasteiger partial charge is 0.504 e. The van der Waals surface area contributed by atoms with Crippen molar-refractivity contribution in [1.29, 1.82) is 0 Å². The monoisotopic (exact) mass is 356 g/mol. The van der Waals surface area contributed by atoms with Crippen LogP contribution in [0.4, 0.5) is 0 Å². The predicted octanol–water partition coefficient (Wildman–Crippen LogP) is 1.59. The van der Waals surface area contributed by atoms with Gasteiger partial charge in [-0.2, -0.15) is 0 Å². The van der Waals surface area contributed by atoms with E-state index < -0.39 is 34.9 Å². The molecule has 0 spiro atoms. The van der Waals surface area contributed by atoms with Crippen molar-refractivity contribution in [2.75, 3.05) is 0 Å². The van der Waals surface area contributed by atoms with E-state index in [0.717, 1.165) is 0 Å². The Morgan fingerprint density at radius 2 is 0.957 bits per heavy atom. The number of carbonyl (C=O) groups is 2. The van der Waals surface area contributed by atoms with Crippen LogP contribution in [0.5, 0.6) is 23.0 Å². The number of carboxylic acids is 2. The third kappa shape index (κ3) is 5.21. The first-order chi connectivity index (χ1) is 10.3. The van der Waals surface area contributed by atoms with Gasteiger partial charge in [0.25, 0.3) is 0 Å². The van der Waals surface area contributed by atoms with E-state index in [9.17, 15) is 9.59 Å². The molecule has 0 fully saturated rings. The van der Waals surface area contributed by atoms with E-state index in [-0.39, 0.29) is 32.8 Å². The molecule has 6 N–H and O–H groups in total. The van der Waals surface area contributed by atoms with Crippen LogP contribution in [0.2, 0.25) is 0 Å². The number of phenolic OH excluding ortho intramolecular Hbond substituents is 2. The minimum Gasteiger partial charge on any atom is -0.504 e. The average molecular weight is 356 g/mol. The molecule has 2 aromatic carbocycles. The topological polar surface area (TPSA) is 156 Å². The molecule has 0 heterocycles. The van der Waals surface area contributed by atoms with Gasteiger partial charge in [-0.3, -0.25) is 0 Å². The van der Waals surface area contributed by atoms with E-state index in [1.54, 1.807) is 0 Å². The maximum atomic E-state index is 10.3. The quantitative estimate of drug-likeness (QED) is 0.350. The van der Waals surface area contributed by atoms with E-state index in [2.05, 4.69) is 0 Å². The molecule has 0 aliphatic carbocycles. The van der Waals surface area contributed by atoms with Crippen LogP contribution < -0.4 is 0 Å². The standard InChI is InChI=1S/2C7H6O4.Ti/c2*8-5-3-1-2-4(6(5)9)7(10)11;/h2*1-3,8-9H,(H,10,11);. The van der Waals surface area contributed by atoms with Gasteiger partial charge in [0.2, 0.25) is 0 Å². The average Bonchev–Trinajstić information content (AvgIpc) is 2.45. The van der Waals surface area contributed by atoms with Crippen LogP contribution in [0.25, 0.3) is 0 Å². The van der Waals surface area contributed by atoms with Gasteiger partial charge in [-0.1, -0.05) is 12.1 Å². The van der Waals surface area contributed by atoms with Gasteiger partial charge < -0.3 is 30.6 Å². The Labute approximate surface area is 144 Å². The number of para-hydroxylation sites is 2. The third-order valence-corrected chi connectivity index (χ3v) is 2.49. The molecular formula is C14H12O8Ti. The van der Waals surface area contributed by atoms with Crippen molar-refractivity contribution in [3.8, 4) is 23.0 Å². The van der Waals surface area contributed by atoms with Crippen molar-refractivity contribution in [3.05, 3.63) is 47.5 Å². The summed E-state index contributed by atoms with van der Waals surface area (Å²) in [6.07, 6.45) is 0. The van der Waals surface area contributed by atoms with Gasteiger partial charge in [0, 0.05) is 21.7 Å². The van der Waals surface area contributed by atoms with E-state index in [0.29, 0.717) is 0 Å². The van der Waals surface area contributed by atoms with E-state index >= 15 is 0 Å². The number of aromatic hydroxyl groups is 4. The summed E-state index contributed by atoms with van der Waals surface area (Å²) in [5, 5.41) is 52.4. The second kappa shape index (κ2) is 8.67. The summed E-state index contributed by atoms with van der Waals surface area (Å²) in [6, 6.07) is 7.52. The minimum absolute atomic E-state index is 0. The number of phenols is 4. The van der Waals surface area contributed by atoms with Crippen molar-refractivity contribution in [2.45, 2.75) is 0 Å². The second-order valence-electron chi connectivity index (χ2n) is 3.96. The molecule has 8 nitrogen and oxygen atoms in total. The Kier molecular flexibility index (Phi) is 7.65. The van der Waals surface area contributed by atoms with E-state index in [1.807, 2.05) is 0 Å². The molecule has 0 aliphatic rings. The number of rotatable bonds is 2. The molecule has 0 bridgehead atoms. The summed E-state index contributed by atoms with van der Waals surface area (Å²) >= 11 is 0. The molecule has 0 atom stereocenters. The maximum absolute atomic E-state index is 10.3. The van der Waals surface area contributed by atoms with Gasteiger partial charge >= 0.3 is 11.9 Å². The van der Waals surface area contributed by atoms with E-state index in [4.69, 9.17) is 30.6 Å². The zero-order valence-electron chi connectivity index (χ0n) is 11.5. The summed E-state index contributed by atoms with van der Waals surface area (Å²) in [4.78, 5) is 20.6. The normalized spacial score (nSPS) is 9.04. The molecule has 0 unspecified atom stereocenters. The Morgan fingerprint density at radius 3 is 1.17 bits per heavy atom. The van der Waals surface area contributed by atoms with Crippen LogP contribution in [0.15, 0.2) is 36.4 Å². The minimum atomic E-state index is -1.27. The number of aromatic carboxylic acids is 2. The van der Waals surface area contributed by atoms with Crippen LogP contribution in [0.1, 0.15) is 20.7 Å². The Bertz CT molecular complexity index is 652. The molecule has 2 rings (SSSR count). The third-order valence-electron chi connectivity index (χ3n) is 2.49. The van der Waals surface area contributed by atoms with Crippen LogP contribution in [0, 0.1) is 0 Å². The zero-order valence-corrected chi connectivity index (χ0v) is 13.0. The first-order valence-corrected chi connectivity index (χ1v) is 5.74. The Morgan fingerprint density at radius 1 is 0.652 bits per heavy atom. The van der Waals surface area contributed by atoms with Crippen LogP contribution >= 0.6 is 0 Å². The summed E-state index contributed by atoms with van der Waals surface area (Å²) < 4.78 is 0. The number of benzene rings is 2. The van der Waals surface area contributed by atoms with Crippen LogP contribution in [-0.2, 0) is 21.7 Å². The molecule has 0 saturated heterocycles. The maximum Gasteiger partial charge on any atom is 0.339 e. The summed E-state index contributed by atoms with van der Waals surface area (Å²) in [7, 11) is 0. The van der Waals surface area contributed by atoms with Crippen molar-refractivity contribution in [3.63, 3.8) is 0 Å². The first kappa shape index (κ1) is 20.3. The second-order valence-corrected chi connectivity index (χ2v) is 3.96. The van der Waals surface area contributed by atoms with Crippen molar-refractivity contribution in [2.24, 2.45) is 0 Å². The van der Waals surface area contributed by atoms with Crippen molar-refractivity contribution < 1.29 is 61.9 Å². The molecule has 0 saturated carbocycles. The van der Waals surface area contributed by atoms with Gasteiger partial charge in [-0.15, -0.1) is 0 Å². The molecule has 120 valence electrons. The molecule has 9 heteroatoms. The molecule has 2 aromatic rings. The fraction of sp³-hybridized carbons (Fsp3) is 0. The van der Waals surface area contributed by atoms with Crippen LogP contribution in [0.3, 0.4) is 0 Å². The molecule has 0 amide bonds. The molecule has 0 radical (unpaired) electrons. The zero-order chi connectivity index (χ0) is 16.9. The summed E-state index contributed by atoms with van der Waals surface area (Å²) in [5.41, 5.74) is -0.602. The predicted molar refractivity (Wildman–Crippen MR) is 73.5 cm³/mol. The number of hydrogen-bond acceptors (Lipinski definition) is 6. The van der Waals surface area contributed by atoms with Gasteiger partial charge in [0.1, 0.15) is 11.1 Å². The van der Waals surface area contributed by atoms with Gasteiger partial charge in [-0.05, 0) is 24.3 Å². The smallest absolute Gasteiger partial charge is 0.339 e. The van der Waals surface area contributed by atoms with Crippen molar-refractivity contribution in [1.82, 2.24) is 0 Å². The fourth-order valence-electron chi connectivity index (χ4n) is 1.41. The molecule has 0 aromatic heterocycles. The SMILES string of the molecule is O=C(O)c1cccc(O)c1O.O=C(O)c1cccc(O)c1O.[Ti]. The number of hydrogen-bond donors (Lipinski definition) is 6. The Hall–Kier alpha value is -2.71. The molecule has 0 aliphatic heterocycles.